The number of halogens is 2. The molecule has 2 rings (SSSR count). The highest BCUT2D eigenvalue weighted by atomic mass is 79.9. The van der Waals surface area contributed by atoms with Gasteiger partial charge in [0.15, 0.2) is 0 Å². The van der Waals surface area contributed by atoms with Gasteiger partial charge in [-0.15, -0.1) is 0 Å². The van der Waals surface area contributed by atoms with Gasteiger partial charge in [0.2, 0.25) is 0 Å². The lowest BCUT2D eigenvalue weighted by molar-refractivity contribution is 0.0602. The zero-order chi connectivity index (χ0) is 15.4. The number of rotatable bonds is 4. The first-order valence-electron chi connectivity index (χ1n) is 6.41. The summed E-state index contributed by atoms with van der Waals surface area (Å²) in [4.78, 5) is 11.8. The third-order valence-electron chi connectivity index (χ3n) is 3.13. The van der Waals surface area contributed by atoms with Gasteiger partial charge in [0.1, 0.15) is 0 Å². The molecule has 0 aromatic heterocycles. The van der Waals surface area contributed by atoms with Crippen molar-refractivity contribution >= 4 is 39.2 Å². The van der Waals surface area contributed by atoms with E-state index in [4.69, 9.17) is 16.3 Å². The molecule has 110 valence electrons. The second-order valence-electron chi connectivity index (χ2n) is 4.57. The van der Waals surface area contributed by atoms with E-state index in [2.05, 4.69) is 21.2 Å². The van der Waals surface area contributed by atoms with Gasteiger partial charge in [-0.1, -0.05) is 45.7 Å². The summed E-state index contributed by atoms with van der Waals surface area (Å²) >= 11 is 9.55. The SMILES string of the molecule is COC(=O)c1ccc(Cl)cc1NC(C)c1ccccc1Br. The smallest absolute Gasteiger partial charge is 0.339 e. The van der Waals surface area contributed by atoms with Crippen LogP contribution in [0.2, 0.25) is 5.02 Å². The van der Waals surface area contributed by atoms with Crippen LogP contribution in [0.25, 0.3) is 0 Å². The molecule has 0 saturated heterocycles. The van der Waals surface area contributed by atoms with Gasteiger partial charge in [-0.05, 0) is 36.8 Å². The molecule has 21 heavy (non-hydrogen) atoms. The molecular formula is C16H15BrClNO2. The normalized spacial score (nSPS) is 11.8. The lowest BCUT2D eigenvalue weighted by atomic mass is 10.1. The molecule has 0 aliphatic carbocycles. The Bertz CT molecular complexity index is 660. The summed E-state index contributed by atoms with van der Waals surface area (Å²) in [6.07, 6.45) is 0. The Kier molecular flexibility index (Phi) is 5.26. The standard InChI is InChI=1S/C16H15BrClNO2/c1-10(12-5-3-4-6-14(12)17)19-15-9-11(18)7-8-13(15)16(20)21-2/h3-10,19H,1-2H3. The summed E-state index contributed by atoms with van der Waals surface area (Å²) in [6.45, 7) is 2.02. The van der Waals surface area contributed by atoms with Gasteiger partial charge in [0.05, 0.1) is 18.4 Å². The van der Waals surface area contributed by atoms with Crippen molar-refractivity contribution in [2.75, 3.05) is 12.4 Å². The van der Waals surface area contributed by atoms with Crippen molar-refractivity contribution in [1.82, 2.24) is 0 Å². The van der Waals surface area contributed by atoms with Crippen LogP contribution >= 0.6 is 27.5 Å². The number of ether oxygens (including phenoxy) is 1. The predicted octanol–water partition coefficient (Wildman–Crippen LogP) is 5.06. The third-order valence-corrected chi connectivity index (χ3v) is 4.09. The van der Waals surface area contributed by atoms with E-state index in [1.165, 1.54) is 7.11 Å². The molecule has 1 unspecified atom stereocenters. The average molecular weight is 369 g/mol. The predicted molar refractivity (Wildman–Crippen MR) is 89.0 cm³/mol. The molecule has 1 N–H and O–H groups in total. The average Bonchev–Trinajstić information content (AvgIpc) is 2.47. The Balaban J connectivity index is 2.32. The van der Waals surface area contributed by atoms with Crippen LogP contribution in [-0.4, -0.2) is 13.1 Å². The second-order valence-corrected chi connectivity index (χ2v) is 5.86. The molecule has 0 radical (unpaired) electrons. The van der Waals surface area contributed by atoms with E-state index in [0.29, 0.717) is 16.3 Å². The molecule has 0 bridgehead atoms. The Morgan fingerprint density at radius 2 is 2.00 bits per heavy atom. The Morgan fingerprint density at radius 3 is 2.67 bits per heavy atom. The summed E-state index contributed by atoms with van der Waals surface area (Å²) in [5, 5.41) is 3.87. The minimum atomic E-state index is -0.395. The molecule has 1 atom stereocenters. The Hall–Kier alpha value is -1.52. The van der Waals surface area contributed by atoms with Gasteiger partial charge in [-0.25, -0.2) is 4.79 Å². The summed E-state index contributed by atoms with van der Waals surface area (Å²) in [7, 11) is 1.36. The number of hydrogen-bond donors (Lipinski definition) is 1. The fourth-order valence-corrected chi connectivity index (χ4v) is 2.86. The Morgan fingerprint density at radius 1 is 1.29 bits per heavy atom. The van der Waals surface area contributed by atoms with Crippen molar-refractivity contribution in [1.29, 1.82) is 0 Å². The van der Waals surface area contributed by atoms with E-state index in [1.807, 2.05) is 31.2 Å². The van der Waals surface area contributed by atoms with Gasteiger partial charge in [-0.3, -0.25) is 0 Å². The largest absolute Gasteiger partial charge is 0.465 e. The number of methoxy groups -OCH3 is 1. The Labute approximate surface area is 137 Å². The number of nitrogens with one attached hydrogen (secondary N) is 1. The van der Waals surface area contributed by atoms with Crippen molar-refractivity contribution in [3.05, 3.63) is 63.1 Å². The van der Waals surface area contributed by atoms with E-state index in [0.717, 1.165) is 10.0 Å². The van der Waals surface area contributed by atoms with Crippen molar-refractivity contribution in [2.24, 2.45) is 0 Å². The molecule has 0 aliphatic heterocycles. The van der Waals surface area contributed by atoms with Crippen molar-refractivity contribution < 1.29 is 9.53 Å². The van der Waals surface area contributed by atoms with Crippen LogP contribution in [0.1, 0.15) is 28.9 Å². The maximum atomic E-state index is 11.8. The van der Waals surface area contributed by atoms with Crippen LogP contribution in [0.4, 0.5) is 5.69 Å². The van der Waals surface area contributed by atoms with E-state index in [1.54, 1.807) is 18.2 Å². The van der Waals surface area contributed by atoms with Crippen molar-refractivity contribution in [3.8, 4) is 0 Å². The van der Waals surface area contributed by atoms with Crippen LogP contribution in [0.15, 0.2) is 46.9 Å². The first kappa shape index (κ1) is 15.9. The van der Waals surface area contributed by atoms with Crippen LogP contribution in [-0.2, 0) is 4.74 Å². The molecule has 0 amide bonds. The fraction of sp³-hybridized carbons (Fsp3) is 0.188. The van der Waals surface area contributed by atoms with E-state index >= 15 is 0 Å². The lowest BCUT2D eigenvalue weighted by Gasteiger charge is -2.19. The molecule has 0 saturated carbocycles. The van der Waals surface area contributed by atoms with Gasteiger partial charge in [0.25, 0.3) is 0 Å². The molecule has 5 heteroatoms. The molecule has 0 spiro atoms. The highest BCUT2D eigenvalue weighted by Crippen LogP contribution is 2.29. The van der Waals surface area contributed by atoms with Gasteiger partial charge < -0.3 is 10.1 Å². The first-order valence-corrected chi connectivity index (χ1v) is 7.59. The maximum Gasteiger partial charge on any atom is 0.339 e. The number of esters is 1. The zero-order valence-corrected chi connectivity index (χ0v) is 14.0. The number of carbonyl (C=O) groups is 1. The van der Waals surface area contributed by atoms with Crippen molar-refractivity contribution in [3.63, 3.8) is 0 Å². The van der Waals surface area contributed by atoms with Gasteiger partial charge in [-0.2, -0.15) is 0 Å². The monoisotopic (exact) mass is 367 g/mol. The highest BCUT2D eigenvalue weighted by Gasteiger charge is 2.15. The number of benzene rings is 2. The van der Waals surface area contributed by atoms with Gasteiger partial charge in [0, 0.05) is 15.5 Å². The molecule has 0 fully saturated rings. The van der Waals surface area contributed by atoms with E-state index in [9.17, 15) is 4.79 Å². The second kappa shape index (κ2) is 6.96. The van der Waals surface area contributed by atoms with Crippen LogP contribution in [0, 0.1) is 0 Å². The molecule has 2 aromatic carbocycles. The minimum Gasteiger partial charge on any atom is -0.465 e. The minimum absolute atomic E-state index is 0.00227. The number of hydrogen-bond acceptors (Lipinski definition) is 3. The number of anilines is 1. The quantitative estimate of drug-likeness (QED) is 0.766. The molecular weight excluding hydrogens is 354 g/mol. The zero-order valence-electron chi connectivity index (χ0n) is 11.7. The highest BCUT2D eigenvalue weighted by molar-refractivity contribution is 9.10. The van der Waals surface area contributed by atoms with Gasteiger partial charge >= 0.3 is 5.97 Å². The lowest BCUT2D eigenvalue weighted by Crippen LogP contribution is -2.12. The van der Waals surface area contributed by atoms with Crippen LogP contribution < -0.4 is 5.32 Å². The fourth-order valence-electron chi connectivity index (χ4n) is 2.06. The summed E-state index contributed by atoms with van der Waals surface area (Å²) in [5.74, 6) is -0.395. The maximum absolute atomic E-state index is 11.8. The topological polar surface area (TPSA) is 38.3 Å². The molecule has 2 aromatic rings. The van der Waals surface area contributed by atoms with Crippen LogP contribution in [0.3, 0.4) is 0 Å². The summed E-state index contributed by atoms with van der Waals surface area (Å²) in [6, 6.07) is 13.0. The third kappa shape index (κ3) is 3.77. The summed E-state index contributed by atoms with van der Waals surface area (Å²) in [5.41, 5.74) is 2.20. The van der Waals surface area contributed by atoms with Crippen molar-refractivity contribution in [2.45, 2.75) is 13.0 Å². The van der Waals surface area contributed by atoms with Crippen LogP contribution in [0.5, 0.6) is 0 Å². The molecule has 0 aliphatic rings. The molecule has 3 nitrogen and oxygen atoms in total. The molecule has 0 heterocycles. The van der Waals surface area contributed by atoms with E-state index in [-0.39, 0.29) is 6.04 Å². The summed E-state index contributed by atoms with van der Waals surface area (Å²) < 4.78 is 5.80. The first-order chi connectivity index (χ1) is 10.0. The van der Waals surface area contributed by atoms with E-state index < -0.39 is 5.97 Å². The number of carbonyl (C=O) groups excluding carboxylic acids is 1.